The Kier molecular flexibility index (Phi) is 4.83. The van der Waals surface area contributed by atoms with Gasteiger partial charge in [0.05, 0.1) is 35.1 Å². The Morgan fingerprint density at radius 3 is 2.96 bits per heavy atom. The van der Waals surface area contributed by atoms with Crippen molar-refractivity contribution in [3.63, 3.8) is 0 Å². The molecule has 0 aliphatic carbocycles. The lowest BCUT2D eigenvalue weighted by atomic mass is 9.94. The fraction of sp³-hybridized carbons (Fsp3) is 0.500. The molecule has 1 fully saturated rings. The maximum Gasteiger partial charge on any atom is 0.317 e. The van der Waals surface area contributed by atoms with Crippen LogP contribution in [0.5, 0.6) is 0 Å². The van der Waals surface area contributed by atoms with Gasteiger partial charge in [-0.1, -0.05) is 17.7 Å². The molecular formula is C16H19ClF2N4O2. The summed E-state index contributed by atoms with van der Waals surface area (Å²) in [5, 5.41) is 12.4. The molecule has 3 rings (SSSR count). The quantitative estimate of drug-likeness (QED) is 0.869. The van der Waals surface area contributed by atoms with Crippen molar-refractivity contribution in [2.75, 3.05) is 19.7 Å². The molecule has 1 saturated heterocycles. The van der Waals surface area contributed by atoms with Gasteiger partial charge in [0.1, 0.15) is 5.82 Å². The van der Waals surface area contributed by atoms with Crippen LogP contribution in [0.2, 0.25) is 5.02 Å². The molecule has 1 aromatic heterocycles. The van der Waals surface area contributed by atoms with E-state index in [4.69, 9.17) is 16.7 Å². The summed E-state index contributed by atoms with van der Waals surface area (Å²) < 4.78 is 29.0. The number of rotatable bonds is 3. The predicted octanol–water partition coefficient (Wildman–Crippen LogP) is 2.39. The van der Waals surface area contributed by atoms with Gasteiger partial charge in [-0.3, -0.25) is 0 Å². The van der Waals surface area contributed by atoms with Gasteiger partial charge in [0.15, 0.2) is 0 Å². The van der Waals surface area contributed by atoms with Gasteiger partial charge in [-0.2, -0.15) is 0 Å². The SMILES string of the molecule is Cn1c(CNC(=O)N2CCC(F)(F)C(CO)C2)nc2cccc(Cl)c21. The van der Waals surface area contributed by atoms with E-state index in [0.717, 1.165) is 11.0 Å². The Labute approximate surface area is 148 Å². The second kappa shape index (κ2) is 6.76. The number of aliphatic hydroxyl groups is 1. The third kappa shape index (κ3) is 3.41. The predicted molar refractivity (Wildman–Crippen MR) is 89.7 cm³/mol. The number of carbonyl (C=O) groups is 1. The number of nitrogens with one attached hydrogen (secondary N) is 1. The summed E-state index contributed by atoms with van der Waals surface area (Å²) in [4.78, 5) is 18.0. The number of hydrogen-bond acceptors (Lipinski definition) is 3. The molecule has 0 saturated carbocycles. The first kappa shape index (κ1) is 17.9. The van der Waals surface area contributed by atoms with Crippen LogP contribution in [0.15, 0.2) is 18.2 Å². The zero-order valence-electron chi connectivity index (χ0n) is 13.7. The highest BCUT2D eigenvalue weighted by Gasteiger charge is 2.44. The normalized spacial score (nSPS) is 20.0. The number of likely N-dealkylation sites (tertiary alicyclic amines) is 1. The van der Waals surface area contributed by atoms with E-state index >= 15 is 0 Å². The second-order valence-electron chi connectivity index (χ2n) is 6.19. The van der Waals surface area contributed by atoms with E-state index < -0.39 is 30.9 Å². The minimum Gasteiger partial charge on any atom is -0.396 e. The fourth-order valence-corrected chi connectivity index (χ4v) is 3.34. The van der Waals surface area contributed by atoms with Gasteiger partial charge >= 0.3 is 6.03 Å². The molecule has 6 nitrogen and oxygen atoms in total. The van der Waals surface area contributed by atoms with Crippen molar-refractivity contribution >= 4 is 28.7 Å². The standard InChI is InChI=1S/C16H19ClF2N4O2/c1-22-13(21-12-4-2-3-11(17)14(12)22)7-20-15(25)23-6-5-16(18,19)10(8-23)9-24/h2-4,10,24H,5-9H2,1H3,(H,20,25). The average molecular weight is 373 g/mol. The van der Waals surface area contributed by atoms with Crippen molar-refractivity contribution in [1.29, 1.82) is 0 Å². The van der Waals surface area contributed by atoms with E-state index in [0.29, 0.717) is 10.8 Å². The number of piperidine rings is 1. The number of para-hydroxylation sites is 1. The minimum absolute atomic E-state index is 0.0519. The van der Waals surface area contributed by atoms with E-state index in [9.17, 15) is 13.6 Å². The average Bonchev–Trinajstić information content (AvgIpc) is 2.90. The zero-order valence-corrected chi connectivity index (χ0v) is 14.4. The number of amides is 2. The molecule has 1 atom stereocenters. The number of fused-ring (bicyclic) bond motifs is 1. The number of urea groups is 1. The van der Waals surface area contributed by atoms with E-state index in [1.54, 1.807) is 23.7 Å². The van der Waals surface area contributed by atoms with E-state index in [-0.39, 0.29) is 19.6 Å². The number of alkyl halides is 2. The largest absolute Gasteiger partial charge is 0.396 e. The van der Waals surface area contributed by atoms with Crippen molar-refractivity contribution < 1.29 is 18.7 Å². The van der Waals surface area contributed by atoms with E-state index in [1.165, 1.54) is 4.90 Å². The fourth-order valence-electron chi connectivity index (χ4n) is 3.05. The minimum atomic E-state index is -2.94. The molecule has 2 heterocycles. The van der Waals surface area contributed by atoms with Crippen LogP contribution in [-0.2, 0) is 13.6 Å². The topological polar surface area (TPSA) is 70.4 Å². The first-order valence-electron chi connectivity index (χ1n) is 7.94. The van der Waals surface area contributed by atoms with Crippen molar-refractivity contribution in [3.8, 4) is 0 Å². The molecule has 136 valence electrons. The monoisotopic (exact) mass is 372 g/mol. The van der Waals surface area contributed by atoms with Crippen LogP contribution in [0.25, 0.3) is 11.0 Å². The number of nitrogens with zero attached hydrogens (tertiary/aromatic N) is 3. The number of carbonyl (C=O) groups excluding carboxylic acids is 1. The summed E-state index contributed by atoms with van der Waals surface area (Å²) in [6, 6.07) is 4.93. The Bertz CT molecular complexity index is 796. The van der Waals surface area contributed by atoms with Gasteiger partial charge in [0, 0.05) is 26.6 Å². The number of benzene rings is 1. The molecular weight excluding hydrogens is 354 g/mol. The molecule has 0 spiro atoms. The summed E-state index contributed by atoms with van der Waals surface area (Å²) in [6.45, 7) is -0.732. The Morgan fingerprint density at radius 1 is 1.52 bits per heavy atom. The molecule has 25 heavy (non-hydrogen) atoms. The number of hydrogen-bond donors (Lipinski definition) is 2. The molecule has 9 heteroatoms. The molecule has 1 aliphatic rings. The number of aliphatic hydroxyl groups excluding tert-OH is 1. The summed E-state index contributed by atoms with van der Waals surface area (Å²) in [5.74, 6) is -3.57. The van der Waals surface area contributed by atoms with E-state index in [2.05, 4.69) is 10.3 Å². The van der Waals surface area contributed by atoms with Gasteiger partial charge in [-0.25, -0.2) is 18.6 Å². The first-order chi connectivity index (χ1) is 11.8. The molecule has 2 aromatic rings. The van der Waals surface area contributed by atoms with Crippen LogP contribution in [0.3, 0.4) is 0 Å². The first-order valence-corrected chi connectivity index (χ1v) is 8.32. The molecule has 2 amide bonds. The lowest BCUT2D eigenvalue weighted by molar-refractivity contribution is -0.112. The summed E-state index contributed by atoms with van der Waals surface area (Å²) >= 11 is 6.17. The third-order valence-corrected chi connectivity index (χ3v) is 4.90. The lowest BCUT2D eigenvalue weighted by Crippen LogP contribution is -2.53. The lowest BCUT2D eigenvalue weighted by Gasteiger charge is -2.37. The van der Waals surface area contributed by atoms with Gasteiger partial charge in [0.2, 0.25) is 0 Å². The molecule has 0 radical (unpaired) electrons. The summed E-state index contributed by atoms with van der Waals surface area (Å²) in [5.41, 5.74) is 1.49. The summed E-state index contributed by atoms with van der Waals surface area (Å²) in [7, 11) is 1.80. The van der Waals surface area contributed by atoms with Crippen LogP contribution in [0.4, 0.5) is 13.6 Å². The highest BCUT2D eigenvalue weighted by Crippen LogP contribution is 2.33. The maximum atomic E-state index is 13.6. The van der Waals surface area contributed by atoms with Crippen molar-refractivity contribution in [1.82, 2.24) is 19.8 Å². The number of aryl methyl sites for hydroxylation is 1. The van der Waals surface area contributed by atoms with Crippen LogP contribution in [0.1, 0.15) is 12.2 Å². The highest BCUT2D eigenvalue weighted by atomic mass is 35.5. The smallest absolute Gasteiger partial charge is 0.317 e. The van der Waals surface area contributed by atoms with Gasteiger partial charge in [0.25, 0.3) is 5.92 Å². The molecule has 0 bridgehead atoms. The zero-order chi connectivity index (χ0) is 18.2. The second-order valence-corrected chi connectivity index (χ2v) is 6.60. The van der Waals surface area contributed by atoms with Crippen molar-refractivity contribution in [3.05, 3.63) is 29.0 Å². The van der Waals surface area contributed by atoms with Crippen LogP contribution in [0, 0.1) is 5.92 Å². The summed E-state index contributed by atoms with van der Waals surface area (Å²) in [6.07, 6.45) is -0.451. The molecule has 2 N–H and O–H groups in total. The molecule has 1 aliphatic heterocycles. The van der Waals surface area contributed by atoms with Gasteiger partial charge in [-0.05, 0) is 12.1 Å². The third-order valence-electron chi connectivity index (χ3n) is 4.60. The number of imidazole rings is 1. The Hall–Kier alpha value is -1.93. The highest BCUT2D eigenvalue weighted by molar-refractivity contribution is 6.35. The van der Waals surface area contributed by atoms with Crippen LogP contribution in [-0.4, -0.2) is 51.2 Å². The van der Waals surface area contributed by atoms with Crippen LogP contribution < -0.4 is 5.32 Å². The Balaban J connectivity index is 1.67. The van der Waals surface area contributed by atoms with Gasteiger partial charge in [-0.15, -0.1) is 0 Å². The van der Waals surface area contributed by atoms with Gasteiger partial charge < -0.3 is 19.9 Å². The van der Waals surface area contributed by atoms with Crippen LogP contribution >= 0.6 is 11.6 Å². The Morgan fingerprint density at radius 2 is 2.28 bits per heavy atom. The van der Waals surface area contributed by atoms with E-state index in [1.807, 2.05) is 6.07 Å². The van der Waals surface area contributed by atoms with Crippen molar-refractivity contribution in [2.45, 2.75) is 18.9 Å². The molecule has 1 aromatic carbocycles. The molecule has 1 unspecified atom stereocenters. The number of halogens is 3. The number of aromatic nitrogens is 2. The van der Waals surface area contributed by atoms with Crippen molar-refractivity contribution in [2.24, 2.45) is 13.0 Å². The maximum absolute atomic E-state index is 13.6.